The van der Waals surface area contributed by atoms with Crippen molar-refractivity contribution in [2.24, 2.45) is 0 Å². The van der Waals surface area contributed by atoms with E-state index >= 15 is 0 Å². The van der Waals surface area contributed by atoms with Crippen molar-refractivity contribution in [3.63, 3.8) is 0 Å². The maximum Gasteiger partial charge on any atom is 0.236 e. The molecule has 3 rings (SSSR count). The molecular formula is C14H12ClN5O2S2. The lowest BCUT2D eigenvalue weighted by atomic mass is 10.3. The SMILES string of the molecule is Cc1cc(NC(=O)CSc2nnc(Nc3cccc(Cl)c3)s2)no1. The van der Waals surface area contributed by atoms with E-state index in [1.807, 2.05) is 12.1 Å². The second-order valence-corrected chi connectivity index (χ2v) is 7.30. The molecule has 3 aromatic rings. The van der Waals surface area contributed by atoms with Crippen molar-refractivity contribution < 1.29 is 9.32 Å². The summed E-state index contributed by atoms with van der Waals surface area (Å²) in [6, 6.07) is 8.97. The number of aryl methyl sites for hydroxylation is 1. The summed E-state index contributed by atoms with van der Waals surface area (Å²) in [5.41, 5.74) is 0.828. The highest BCUT2D eigenvalue weighted by Crippen LogP contribution is 2.28. The summed E-state index contributed by atoms with van der Waals surface area (Å²) in [5, 5.41) is 18.8. The monoisotopic (exact) mass is 381 g/mol. The first-order chi connectivity index (χ1) is 11.6. The number of nitrogens with one attached hydrogen (secondary N) is 2. The molecule has 0 radical (unpaired) electrons. The molecule has 0 saturated carbocycles. The summed E-state index contributed by atoms with van der Waals surface area (Å²) in [4.78, 5) is 11.8. The zero-order chi connectivity index (χ0) is 16.9. The third-order valence-corrected chi connectivity index (χ3v) is 4.91. The molecule has 0 aliphatic rings. The number of aromatic nitrogens is 3. The average Bonchev–Trinajstić information content (AvgIpc) is 3.14. The van der Waals surface area contributed by atoms with E-state index in [2.05, 4.69) is 26.0 Å². The lowest BCUT2D eigenvalue weighted by Gasteiger charge is -2.01. The molecule has 2 N–H and O–H groups in total. The predicted octanol–water partition coefficient (Wildman–Crippen LogP) is 3.96. The van der Waals surface area contributed by atoms with E-state index in [1.165, 1.54) is 23.1 Å². The molecule has 0 spiro atoms. The van der Waals surface area contributed by atoms with Gasteiger partial charge in [-0.05, 0) is 25.1 Å². The minimum atomic E-state index is -0.187. The zero-order valence-corrected chi connectivity index (χ0v) is 14.8. The van der Waals surface area contributed by atoms with Crippen molar-refractivity contribution in [3.8, 4) is 0 Å². The van der Waals surface area contributed by atoms with Gasteiger partial charge >= 0.3 is 0 Å². The van der Waals surface area contributed by atoms with Gasteiger partial charge in [-0.15, -0.1) is 10.2 Å². The van der Waals surface area contributed by atoms with Gasteiger partial charge in [0.25, 0.3) is 0 Å². The number of nitrogens with zero attached hydrogens (tertiary/aromatic N) is 3. The van der Waals surface area contributed by atoms with Crippen molar-refractivity contribution in [1.82, 2.24) is 15.4 Å². The van der Waals surface area contributed by atoms with Crippen LogP contribution >= 0.6 is 34.7 Å². The molecule has 0 bridgehead atoms. The number of amides is 1. The van der Waals surface area contributed by atoms with Crippen molar-refractivity contribution in [3.05, 3.63) is 41.1 Å². The molecular weight excluding hydrogens is 370 g/mol. The van der Waals surface area contributed by atoms with Gasteiger partial charge in [-0.1, -0.05) is 45.9 Å². The lowest BCUT2D eigenvalue weighted by Crippen LogP contribution is -2.14. The molecule has 0 fully saturated rings. The van der Waals surface area contributed by atoms with Gasteiger partial charge in [-0.3, -0.25) is 4.79 Å². The molecule has 0 saturated heterocycles. The number of carbonyl (C=O) groups excluding carboxylic acids is 1. The first kappa shape index (κ1) is 16.7. The summed E-state index contributed by atoms with van der Waals surface area (Å²) in [6.07, 6.45) is 0. The molecule has 0 unspecified atom stereocenters. The number of anilines is 3. The normalized spacial score (nSPS) is 10.6. The first-order valence-electron chi connectivity index (χ1n) is 6.80. The minimum absolute atomic E-state index is 0.187. The molecule has 0 aliphatic heterocycles. The van der Waals surface area contributed by atoms with Crippen LogP contribution in [-0.2, 0) is 4.79 Å². The van der Waals surface area contributed by atoms with Gasteiger partial charge in [0.15, 0.2) is 10.2 Å². The molecule has 7 nitrogen and oxygen atoms in total. The van der Waals surface area contributed by atoms with Crippen molar-refractivity contribution in [2.75, 3.05) is 16.4 Å². The van der Waals surface area contributed by atoms with Crippen molar-refractivity contribution >= 4 is 57.2 Å². The fourth-order valence-corrected chi connectivity index (χ4v) is 3.50. The minimum Gasteiger partial charge on any atom is -0.360 e. The van der Waals surface area contributed by atoms with Gasteiger partial charge in [0.1, 0.15) is 5.76 Å². The van der Waals surface area contributed by atoms with Crippen molar-refractivity contribution in [2.45, 2.75) is 11.3 Å². The molecule has 2 heterocycles. The van der Waals surface area contributed by atoms with Gasteiger partial charge in [0.05, 0.1) is 5.75 Å². The number of hydrogen-bond acceptors (Lipinski definition) is 8. The van der Waals surface area contributed by atoms with Crippen LogP contribution in [0.3, 0.4) is 0 Å². The Hall–Kier alpha value is -2.10. The maximum atomic E-state index is 11.8. The zero-order valence-electron chi connectivity index (χ0n) is 12.4. The Morgan fingerprint density at radius 2 is 2.25 bits per heavy atom. The third kappa shape index (κ3) is 4.70. The molecule has 10 heteroatoms. The van der Waals surface area contributed by atoms with Gasteiger partial charge in [-0.25, -0.2) is 0 Å². The number of benzene rings is 1. The first-order valence-corrected chi connectivity index (χ1v) is 8.98. The van der Waals surface area contributed by atoms with Crippen LogP contribution in [0.15, 0.2) is 39.2 Å². The van der Waals surface area contributed by atoms with Gasteiger partial charge in [-0.2, -0.15) is 0 Å². The molecule has 1 amide bonds. The molecule has 1 aromatic carbocycles. The van der Waals surface area contributed by atoms with Crippen LogP contribution in [0.1, 0.15) is 5.76 Å². The van der Waals surface area contributed by atoms with Gasteiger partial charge in [0.2, 0.25) is 11.0 Å². The predicted molar refractivity (Wildman–Crippen MR) is 95.2 cm³/mol. The molecule has 0 aliphatic carbocycles. The van der Waals surface area contributed by atoms with E-state index in [0.717, 1.165) is 5.69 Å². The van der Waals surface area contributed by atoms with E-state index in [4.69, 9.17) is 16.1 Å². The molecule has 2 aromatic heterocycles. The van der Waals surface area contributed by atoms with Gasteiger partial charge < -0.3 is 15.2 Å². The summed E-state index contributed by atoms with van der Waals surface area (Å²) in [7, 11) is 0. The Balaban J connectivity index is 1.51. The number of thioether (sulfide) groups is 1. The molecule has 124 valence electrons. The lowest BCUT2D eigenvalue weighted by molar-refractivity contribution is -0.113. The van der Waals surface area contributed by atoms with Crippen LogP contribution in [0.2, 0.25) is 5.02 Å². The maximum absolute atomic E-state index is 11.8. The highest BCUT2D eigenvalue weighted by molar-refractivity contribution is 8.01. The van der Waals surface area contributed by atoms with Gasteiger partial charge in [0, 0.05) is 16.8 Å². The van der Waals surface area contributed by atoms with E-state index in [1.54, 1.807) is 25.1 Å². The Bertz CT molecular complexity index is 851. The summed E-state index contributed by atoms with van der Waals surface area (Å²) in [5.74, 6) is 1.06. The quantitative estimate of drug-likeness (QED) is 0.624. The Morgan fingerprint density at radius 1 is 1.38 bits per heavy atom. The summed E-state index contributed by atoms with van der Waals surface area (Å²) < 4.78 is 5.57. The second-order valence-electron chi connectivity index (χ2n) is 4.67. The second kappa shape index (κ2) is 7.65. The molecule has 24 heavy (non-hydrogen) atoms. The van der Waals surface area contributed by atoms with Crippen LogP contribution in [0.25, 0.3) is 0 Å². The number of hydrogen-bond donors (Lipinski definition) is 2. The summed E-state index contributed by atoms with van der Waals surface area (Å²) in [6.45, 7) is 1.76. The largest absolute Gasteiger partial charge is 0.360 e. The number of halogens is 1. The van der Waals surface area contributed by atoms with Crippen LogP contribution in [0, 0.1) is 6.92 Å². The van der Waals surface area contributed by atoms with Crippen LogP contribution < -0.4 is 10.6 Å². The summed E-state index contributed by atoms with van der Waals surface area (Å²) >= 11 is 8.59. The van der Waals surface area contributed by atoms with E-state index in [0.29, 0.717) is 26.1 Å². The smallest absolute Gasteiger partial charge is 0.236 e. The molecule has 0 atom stereocenters. The fraction of sp³-hybridized carbons (Fsp3) is 0.143. The average molecular weight is 382 g/mol. The fourth-order valence-electron chi connectivity index (χ4n) is 1.74. The standard InChI is InChI=1S/C14H12ClN5O2S2/c1-8-5-11(20-22-8)17-12(21)7-23-14-19-18-13(24-14)16-10-4-2-3-9(15)6-10/h2-6H,7H2,1H3,(H,16,18)(H,17,20,21). The highest BCUT2D eigenvalue weighted by Gasteiger charge is 2.10. The number of carbonyl (C=O) groups is 1. The van der Waals surface area contributed by atoms with Crippen LogP contribution in [0.5, 0.6) is 0 Å². The van der Waals surface area contributed by atoms with Crippen molar-refractivity contribution in [1.29, 1.82) is 0 Å². The Labute approximate surface area is 150 Å². The third-order valence-electron chi connectivity index (χ3n) is 2.70. The van der Waals surface area contributed by atoms with E-state index in [-0.39, 0.29) is 11.7 Å². The number of rotatable bonds is 6. The topological polar surface area (TPSA) is 92.9 Å². The van der Waals surface area contributed by atoms with Crippen LogP contribution in [0.4, 0.5) is 16.6 Å². The van der Waals surface area contributed by atoms with Crippen LogP contribution in [-0.4, -0.2) is 27.0 Å². The Kier molecular flexibility index (Phi) is 5.34. The highest BCUT2D eigenvalue weighted by atomic mass is 35.5. The Morgan fingerprint density at radius 3 is 3.00 bits per heavy atom. The van der Waals surface area contributed by atoms with E-state index in [9.17, 15) is 4.79 Å². The van der Waals surface area contributed by atoms with E-state index < -0.39 is 0 Å².